The Kier molecular flexibility index (Phi) is 2.76. The van der Waals surface area contributed by atoms with Gasteiger partial charge in [0.25, 0.3) is 0 Å². The summed E-state index contributed by atoms with van der Waals surface area (Å²) in [7, 11) is 0. The first kappa shape index (κ1) is 7.79. The monoisotopic (exact) mass is 240 g/mol. The van der Waals surface area contributed by atoms with E-state index in [0.29, 0.717) is 12.2 Å². The number of alkyl halides is 1. The molecule has 0 amide bonds. The van der Waals surface area contributed by atoms with Gasteiger partial charge in [0.05, 0.1) is 12.2 Å². The van der Waals surface area contributed by atoms with Crippen LogP contribution in [0.5, 0.6) is 0 Å². The van der Waals surface area contributed by atoms with Gasteiger partial charge in [-0.3, -0.25) is 0 Å². The molecule has 9 heavy (non-hydrogen) atoms. The van der Waals surface area contributed by atoms with Gasteiger partial charge in [0.2, 0.25) is 0 Å². The molecular formula is C7H13IO. The average molecular weight is 240 g/mol. The Morgan fingerprint density at radius 1 is 1.22 bits per heavy atom. The molecule has 1 saturated heterocycles. The van der Waals surface area contributed by atoms with Crippen molar-refractivity contribution in [2.45, 2.75) is 42.8 Å². The van der Waals surface area contributed by atoms with Crippen molar-refractivity contribution in [1.82, 2.24) is 0 Å². The van der Waals surface area contributed by atoms with Gasteiger partial charge in [-0.05, 0) is 26.7 Å². The number of rotatable bonds is 0. The van der Waals surface area contributed by atoms with Crippen molar-refractivity contribution in [2.75, 3.05) is 0 Å². The molecule has 1 aliphatic rings. The van der Waals surface area contributed by atoms with Gasteiger partial charge in [-0.15, -0.1) is 0 Å². The van der Waals surface area contributed by atoms with Gasteiger partial charge in [-0.2, -0.15) is 0 Å². The lowest BCUT2D eigenvalue weighted by atomic mass is 10.1. The zero-order chi connectivity index (χ0) is 6.85. The van der Waals surface area contributed by atoms with Crippen molar-refractivity contribution >= 4 is 22.6 Å². The Balaban J connectivity index is 2.34. The van der Waals surface area contributed by atoms with Crippen LogP contribution in [0.4, 0.5) is 0 Å². The van der Waals surface area contributed by atoms with Crippen molar-refractivity contribution in [3.8, 4) is 0 Å². The third kappa shape index (κ3) is 2.42. The number of ether oxygens (including phenoxy) is 1. The van der Waals surface area contributed by atoms with Crippen LogP contribution in [-0.2, 0) is 4.74 Å². The Bertz CT molecular complexity index is 69.9. The van der Waals surface area contributed by atoms with Crippen molar-refractivity contribution in [3.63, 3.8) is 0 Å². The maximum atomic E-state index is 5.55. The minimum Gasteiger partial charge on any atom is -0.375 e. The lowest BCUT2D eigenvalue weighted by Crippen LogP contribution is -2.29. The third-order valence-electron chi connectivity index (χ3n) is 1.64. The van der Waals surface area contributed by atoms with Crippen LogP contribution in [0, 0.1) is 0 Å². The smallest absolute Gasteiger partial charge is 0.0560 e. The standard InChI is InChI=1S/C7H13IO/c1-5-3-7(8)4-6(2)9-5/h5-7H,3-4H2,1-2H3. The molecule has 1 rings (SSSR count). The Morgan fingerprint density at radius 3 is 2.00 bits per heavy atom. The van der Waals surface area contributed by atoms with Crippen LogP contribution in [0.3, 0.4) is 0 Å². The van der Waals surface area contributed by atoms with Gasteiger partial charge in [0.15, 0.2) is 0 Å². The second-order valence-electron chi connectivity index (χ2n) is 2.83. The second-order valence-corrected chi connectivity index (χ2v) is 4.59. The lowest BCUT2D eigenvalue weighted by molar-refractivity contribution is -0.0245. The molecule has 1 aliphatic heterocycles. The maximum Gasteiger partial charge on any atom is 0.0560 e. The summed E-state index contributed by atoms with van der Waals surface area (Å²) in [5.41, 5.74) is 0. The van der Waals surface area contributed by atoms with Crippen molar-refractivity contribution in [3.05, 3.63) is 0 Å². The molecular weight excluding hydrogens is 227 g/mol. The van der Waals surface area contributed by atoms with Gasteiger partial charge < -0.3 is 4.74 Å². The zero-order valence-electron chi connectivity index (χ0n) is 5.93. The van der Waals surface area contributed by atoms with Crippen LogP contribution in [0.25, 0.3) is 0 Å². The first-order chi connectivity index (χ1) is 4.18. The van der Waals surface area contributed by atoms with Crippen LogP contribution in [0.1, 0.15) is 26.7 Å². The summed E-state index contributed by atoms with van der Waals surface area (Å²) in [5.74, 6) is 0. The van der Waals surface area contributed by atoms with Crippen LogP contribution < -0.4 is 0 Å². The molecule has 1 fully saturated rings. The predicted octanol–water partition coefficient (Wildman–Crippen LogP) is 2.38. The zero-order valence-corrected chi connectivity index (χ0v) is 8.09. The summed E-state index contributed by atoms with van der Waals surface area (Å²) in [6.07, 6.45) is 3.42. The SMILES string of the molecule is CC1CC(I)CC(C)O1. The number of hydrogen-bond acceptors (Lipinski definition) is 1. The van der Waals surface area contributed by atoms with E-state index in [1.54, 1.807) is 0 Å². The summed E-state index contributed by atoms with van der Waals surface area (Å²) in [4.78, 5) is 0. The molecule has 0 radical (unpaired) electrons. The molecule has 1 heterocycles. The van der Waals surface area contributed by atoms with Crippen molar-refractivity contribution < 1.29 is 4.74 Å². The Hall–Kier alpha value is 0.690. The predicted molar refractivity (Wildman–Crippen MR) is 47.1 cm³/mol. The molecule has 0 aromatic heterocycles. The highest BCUT2D eigenvalue weighted by molar-refractivity contribution is 14.1. The molecule has 0 aromatic rings. The van der Waals surface area contributed by atoms with Crippen molar-refractivity contribution in [1.29, 1.82) is 0 Å². The van der Waals surface area contributed by atoms with Gasteiger partial charge >= 0.3 is 0 Å². The third-order valence-corrected chi connectivity index (χ3v) is 2.66. The largest absolute Gasteiger partial charge is 0.375 e. The van der Waals surface area contributed by atoms with Gasteiger partial charge in [-0.1, -0.05) is 22.6 Å². The molecule has 0 bridgehead atoms. The van der Waals surface area contributed by atoms with Crippen LogP contribution in [0.15, 0.2) is 0 Å². The average Bonchev–Trinajstić information content (AvgIpc) is 1.59. The summed E-state index contributed by atoms with van der Waals surface area (Å²) in [5, 5.41) is 0. The molecule has 2 atom stereocenters. The van der Waals surface area contributed by atoms with Crippen LogP contribution in [-0.4, -0.2) is 16.1 Å². The van der Waals surface area contributed by atoms with Gasteiger partial charge in [0.1, 0.15) is 0 Å². The summed E-state index contributed by atoms with van der Waals surface area (Å²) in [6.45, 7) is 4.31. The minimum atomic E-state index is 0.482. The van der Waals surface area contributed by atoms with Gasteiger partial charge in [-0.25, -0.2) is 0 Å². The fraction of sp³-hybridized carbons (Fsp3) is 1.00. The molecule has 0 saturated carbocycles. The van der Waals surface area contributed by atoms with Gasteiger partial charge in [0, 0.05) is 3.92 Å². The van der Waals surface area contributed by atoms with E-state index in [4.69, 9.17) is 4.74 Å². The summed E-state index contributed by atoms with van der Waals surface area (Å²) < 4.78 is 6.39. The van der Waals surface area contributed by atoms with E-state index in [1.165, 1.54) is 12.8 Å². The van der Waals surface area contributed by atoms with E-state index in [2.05, 4.69) is 36.4 Å². The maximum absolute atomic E-state index is 5.55. The highest BCUT2D eigenvalue weighted by Gasteiger charge is 2.21. The topological polar surface area (TPSA) is 9.23 Å². The number of hydrogen-bond donors (Lipinski definition) is 0. The highest BCUT2D eigenvalue weighted by Crippen LogP contribution is 2.24. The number of halogens is 1. The van der Waals surface area contributed by atoms with E-state index in [-0.39, 0.29) is 0 Å². The van der Waals surface area contributed by atoms with Crippen molar-refractivity contribution in [2.24, 2.45) is 0 Å². The van der Waals surface area contributed by atoms with E-state index in [9.17, 15) is 0 Å². The summed E-state index contributed by atoms with van der Waals surface area (Å²) >= 11 is 2.51. The molecule has 0 aromatic carbocycles. The van der Waals surface area contributed by atoms with E-state index < -0.39 is 0 Å². The highest BCUT2D eigenvalue weighted by atomic mass is 127. The summed E-state index contributed by atoms with van der Waals surface area (Å²) in [6, 6.07) is 0. The first-order valence-electron chi connectivity index (χ1n) is 3.48. The molecule has 1 nitrogen and oxygen atoms in total. The molecule has 2 heteroatoms. The quantitative estimate of drug-likeness (QED) is 0.466. The molecule has 2 unspecified atom stereocenters. The Labute approximate surface area is 70.3 Å². The van der Waals surface area contributed by atoms with Crippen LogP contribution in [0.2, 0.25) is 0 Å². The molecule has 0 aliphatic carbocycles. The minimum absolute atomic E-state index is 0.482. The molecule has 54 valence electrons. The Morgan fingerprint density at radius 2 is 1.67 bits per heavy atom. The van der Waals surface area contributed by atoms with E-state index >= 15 is 0 Å². The second kappa shape index (κ2) is 3.19. The molecule has 0 N–H and O–H groups in total. The normalized spacial score (nSPS) is 45.0. The van der Waals surface area contributed by atoms with E-state index in [1.807, 2.05) is 0 Å². The van der Waals surface area contributed by atoms with E-state index in [0.717, 1.165) is 3.92 Å². The first-order valence-corrected chi connectivity index (χ1v) is 4.72. The fourth-order valence-corrected chi connectivity index (χ4v) is 2.76. The fourth-order valence-electron chi connectivity index (χ4n) is 1.32. The molecule has 0 spiro atoms. The van der Waals surface area contributed by atoms with Crippen LogP contribution >= 0.6 is 22.6 Å². The lowest BCUT2D eigenvalue weighted by Gasteiger charge is -2.28.